The minimum atomic E-state index is 0.467. The molecule has 1 aliphatic carbocycles. The zero-order chi connectivity index (χ0) is 13.5. The van der Waals surface area contributed by atoms with Crippen LogP contribution < -0.4 is 10.1 Å². The molecule has 0 bridgehead atoms. The molecule has 3 heteroatoms. The van der Waals surface area contributed by atoms with E-state index in [9.17, 15) is 0 Å². The van der Waals surface area contributed by atoms with Crippen molar-refractivity contribution in [2.45, 2.75) is 25.3 Å². The number of benzene rings is 1. The summed E-state index contributed by atoms with van der Waals surface area (Å²) in [5.74, 6) is 1.70. The zero-order valence-electron chi connectivity index (χ0n) is 11.6. The van der Waals surface area contributed by atoms with Gasteiger partial charge in [-0.1, -0.05) is 18.7 Å². The van der Waals surface area contributed by atoms with Crippen molar-refractivity contribution in [2.75, 3.05) is 20.3 Å². The van der Waals surface area contributed by atoms with Gasteiger partial charge in [0.1, 0.15) is 5.75 Å². The van der Waals surface area contributed by atoms with Gasteiger partial charge in [-0.2, -0.15) is 0 Å². The van der Waals surface area contributed by atoms with E-state index < -0.39 is 0 Å². The van der Waals surface area contributed by atoms with E-state index in [0.29, 0.717) is 6.04 Å². The average Bonchev–Trinajstić information content (AvgIpc) is 3.28. The lowest BCUT2D eigenvalue weighted by Gasteiger charge is -2.19. The van der Waals surface area contributed by atoms with Crippen LogP contribution >= 0.6 is 0 Å². The van der Waals surface area contributed by atoms with Gasteiger partial charge in [-0.3, -0.25) is 0 Å². The molecule has 104 valence electrons. The van der Waals surface area contributed by atoms with Gasteiger partial charge in [-0.15, -0.1) is 0 Å². The fraction of sp³-hybridized carbons (Fsp3) is 0.500. The third-order valence-corrected chi connectivity index (χ3v) is 3.49. The van der Waals surface area contributed by atoms with Crippen LogP contribution in [0.2, 0.25) is 0 Å². The maximum Gasteiger partial charge on any atom is 0.118 e. The third kappa shape index (κ3) is 4.28. The molecular formula is C16H23NO2. The smallest absolute Gasteiger partial charge is 0.118 e. The van der Waals surface area contributed by atoms with Crippen molar-refractivity contribution in [3.63, 3.8) is 0 Å². The van der Waals surface area contributed by atoms with Crippen molar-refractivity contribution in [3.8, 4) is 5.75 Å². The SMILES string of the molecule is C=COCCCNC(c1ccc(OC)cc1)C1CC1. The molecule has 0 spiro atoms. The highest BCUT2D eigenvalue weighted by Gasteiger charge is 2.31. The van der Waals surface area contributed by atoms with E-state index in [1.165, 1.54) is 24.7 Å². The van der Waals surface area contributed by atoms with Crippen LogP contribution in [0.1, 0.15) is 30.9 Å². The topological polar surface area (TPSA) is 30.5 Å². The summed E-state index contributed by atoms with van der Waals surface area (Å²) in [6.45, 7) is 5.25. The molecule has 0 aliphatic heterocycles. The first-order valence-corrected chi connectivity index (χ1v) is 6.95. The Balaban J connectivity index is 1.86. The Labute approximate surface area is 115 Å². The fourth-order valence-corrected chi connectivity index (χ4v) is 2.29. The second-order valence-electron chi connectivity index (χ2n) is 4.93. The van der Waals surface area contributed by atoms with Gasteiger partial charge >= 0.3 is 0 Å². The van der Waals surface area contributed by atoms with Crippen LogP contribution in [0.5, 0.6) is 5.75 Å². The van der Waals surface area contributed by atoms with E-state index in [0.717, 1.165) is 31.2 Å². The first-order chi connectivity index (χ1) is 9.35. The Kier molecular flexibility index (Phi) is 5.28. The minimum Gasteiger partial charge on any atom is -0.502 e. The molecule has 1 atom stereocenters. The second-order valence-corrected chi connectivity index (χ2v) is 4.93. The molecular weight excluding hydrogens is 238 g/mol. The Bertz CT molecular complexity index is 384. The molecule has 1 N–H and O–H groups in total. The lowest BCUT2D eigenvalue weighted by Crippen LogP contribution is -2.24. The Morgan fingerprint density at radius 3 is 2.68 bits per heavy atom. The van der Waals surface area contributed by atoms with Crippen LogP contribution in [0.25, 0.3) is 0 Å². The van der Waals surface area contributed by atoms with Crippen molar-refractivity contribution >= 4 is 0 Å². The third-order valence-electron chi connectivity index (χ3n) is 3.49. The highest BCUT2D eigenvalue weighted by Crippen LogP contribution is 2.41. The number of ether oxygens (including phenoxy) is 2. The van der Waals surface area contributed by atoms with E-state index in [2.05, 4.69) is 24.0 Å². The fourth-order valence-electron chi connectivity index (χ4n) is 2.29. The van der Waals surface area contributed by atoms with E-state index >= 15 is 0 Å². The molecule has 0 heterocycles. The molecule has 19 heavy (non-hydrogen) atoms. The lowest BCUT2D eigenvalue weighted by atomic mass is 10.0. The van der Waals surface area contributed by atoms with E-state index in [1.807, 2.05) is 12.1 Å². The summed E-state index contributed by atoms with van der Waals surface area (Å²) in [5.41, 5.74) is 1.35. The van der Waals surface area contributed by atoms with Crippen LogP contribution in [0, 0.1) is 5.92 Å². The zero-order valence-corrected chi connectivity index (χ0v) is 11.6. The van der Waals surface area contributed by atoms with Crippen LogP contribution in [0.3, 0.4) is 0 Å². The highest BCUT2D eigenvalue weighted by molar-refractivity contribution is 5.30. The maximum atomic E-state index is 5.20. The van der Waals surface area contributed by atoms with Crippen molar-refractivity contribution in [2.24, 2.45) is 5.92 Å². The summed E-state index contributed by atoms with van der Waals surface area (Å²) >= 11 is 0. The van der Waals surface area contributed by atoms with Gasteiger partial charge in [0.25, 0.3) is 0 Å². The minimum absolute atomic E-state index is 0.467. The van der Waals surface area contributed by atoms with Crippen LogP contribution in [-0.2, 0) is 4.74 Å². The van der Waals surface area contributed by atoms with Gasteiger partial charge in [0.15, 0.2) is 0 Å². The first kappa shape index (κ1) is 13.9. The van der Waals surface area contributed by atoms with Crippen molar-refractivity contribution in [1.29, 1.82) is 0 Å². The van der Waals surface area contributed by atoms with Crippen LogP contribution in [0.4, 0.5) is 0 Å². The summed E-state index contributed by atoms with van der Waals surface area (Å²) in [4.78, 5) is 0. The number of hydrogen-bond acceptors (Lipinski definition) is 3. The average molecular weight is 261 g/mol. The summed E-state index contributed by atoms with van der Waals surface area (Å²) in [6, 6.07) is 8.86. The predicted molar refractivity (Wildman–Crippen MR) is 77.2 cm³/mol. The summed E-state index contributed by atoms with van der Waals surface area (Å²) in [7, 11) is 1.70. The molecule has 1 aliphatic rings. The molecule has 3 nitrogen and oxygen atoms in total. The summed E-state index contributed by atoms with van der Waals surface area (Å²) in [6.07, 6.45) is 5.16. The summed E-state index contributed by atoms with van der Waals surface area (Å²) in [5, 5.41) is 3.64. The molecule has 0 saturated heterocycles. The Morgan fingerprint density at radius 2 is 2.11 bits per heavy atom. The molecule has 1 unspecified atom stereocenters. The molecule has 0 radical (unpaired) electrons. The number of hydrogen-bond donors (Lipinski definition) is 1. The van der Waals surface area contributed by atoms with Crippen LogP contribution in [-0.4, -0.2) is 20.3 Å². The van der Waals surface area contributed by atoms with Gasteiger partial charge in [0.2, 0.25) is 0 Å². The van der Waals surface area contributed by atoms with E-state index in [4.69, 9.17) is 9.47 Å². The standard InChI is InChI=1S/C16H23NO2/c1-3-19-12-4-11-17-16(13-5-6-13)14-7-9-15(18-2)10-8-14/h3,7-10,13,16-17H,1,4-6,11-12H2,2H3. The van der Waals surface area contributed by atoms with Gasteiger partial charge in [-0.25, -0.2) is 0 Å². The molecule has 1 saturated carbocycles. The maximum absolute atomic E-state index is 5.20. The lowest BCUT2D eigenvalue weighted by molar-refractivity contribution is 0.242. The molecule has 1 fully saturated rings. The van der Waals surface area contributed by atoms with Gasteiger partial charge in [0, 0.05) is 6.04 Å². The molecule has 1 aromatic rings. The first-order valence-electron chi connectivity index (χ1n) is 6.95. The number of rotatable bonds is 9. The van der Waals surface area contributed by atoms with Gasteiger partial charge in [-0.05, 0) is 49.4 Å². The van der Waals surface area contributed by atoms with Gasteiger partial charge in [0.05, 0.1) is 20.0 Å². The summed E-state index contributed by atoms with van der Waals surface area (Å²) < 4.78 is 10.3. The van der Waals surface area contributed by atoms with Gasteiger partial charge < -0.3 is 14.8 Å². The monoisotopic (exact) mass is 261 g/mol. The quantitative estimate of drug-likeness (QED) is 0.546. The number of methoxy groups -OCH3 is 1. The normalized spacial score (nSPS) is 15.8. The highest BCUT2D eigenvalue weighted by atomic mass is 16.5. The molecule has 2 rings (SSSR count). The Morgan fingerprint density at radius 1 is 1.37 bits per heavy atom. The van der Waals surface area contributed by atoms with Crippen molar-refractivity contribution < 1.29 is 9.47 Å². The van der Waals surface area contributed by atoms with E-state index in [1.54, 1.807) is 7.11 Å². The molecule has 1 aromatic carbocycles. The predicted octanol–water partition coefficient (Wildman–Crippen LogP) is 3.29. The molecule has 0 amide bonds. The van der Waals surface area contributed by atoms with Crippen molar-refractivity contribution in [3.05, 3.63) is 42.7 Å². The largest absolute Gasteiger partial charge is 0.502 e. The van der Waals surface area contributed by atoms with E-state index in [-0.39, 0.29) is 0 Å². The molecule has 0 aromatic heterocycles. The second kappa shape index (κ2) is 7.19. The van der Waals surface area contributed by atoms with Crippen molar-refractivity contribution in [1.82, 2.24) is 5.32 Å². The van der Waals surface area contributed by atoms with Crippen LogP contribution in [0.15, 0.2) is 37.1 Å². The number of nitrogens with one attached hydrogen (secondary N) is 1. The Hall–Kier alpha value is -1.48.